The highest BCUT2D eigenvalue weighted by Gasteiger charge is 2.65. The molecule has 0 radical (unpaired) electrons. The zero-order valence-electron chi connectivity index (χ0n) is 39.1. The van der Waals surface area contributed by atoms with E-state index in [2.05, 4.69) is 121 Å². The highest BCUT2D eigenvalue weighted by Crippen LogP contribution is 2.72. The third-order valence-corrected chi connectivity index (χ3v) is 15.0. The molecule has 4 fully saturated rings. The lowest BCUT2D eigenvalue weighted by Crippen LogP contribution is -2.63. The number of benzene rings is 1. The number of terminal acetylenes is 3. The molecule has 4 nitrogen and oxygen atoms in total. The monoisotopic (exact) mass is 817 g/mol. The molecule has 1 aromatic carbocycles. The lowest BCUT2D eigenvalue weighted by molar-refractivity contribution is -0.172. The molecule has 6 rings (SSSR count). The minimum Gasteiger partial charge on any atom is -0.400 e. The third-order valence-electron chi connectivity index (χ3n) is 14.5. The number of nitrogens with one attached hydrogen (secondary N) is 2. The fraction of sp³-hybridized carbons (Fsp3) is 0.679. The Hall–Kier alpha value is -2.72. The molecule has 328 valence electrons. The molecule has 0 bridgehead atoms. The van der Waals surface area contributed by atoms with Crippen LogP contribution in [0.2, 0.25) is 0 Å². The summed E-state index contributed by atoms with van der Waals surface area (Å²) in [6.07, 6.45) is 44.5. The van der Waals surface area contributed by atoms with Crippen LogP contribution in [0.15, 0.2) is 43.0 Å². The van der Waals surface area contributed by atoms with E-state index in [1.54, 1.807) is 6.08 Å². The fourth-order valence-electron chi connectivity index (χ4n) is 12.4. The average molecular weight is 817 g/mol. The largest absolute Gasteiger partial charge is 0.400 e. The maximum atomic E-state index is 11.3. The molecule has 0 spiro atoms. The smallest absolute Gasteiger partial charge is 0.150 e. The van der Waals surface area contributed by atoms with Crippen LogP contribution in [0.25, 0.3) is 5.57 Å². The van der Waals surface area contributed by atoms with Crippen molar-refractivity contribution < 1.29 is 9.90 Å². The van der Waals surface area contributed by atoms with E-state index in [4.69, 9.17) is 5.11 Å². The van der Waals surface area contributed by atoms with Gasteiger partial charge < -0.3 is 15.7 Å². The van der Waals surface area contributed by atoms with Gasteiger partial charge >= 0.3 is 0 Å². The zero-order valence-corrected chi connectivity index (χ0v) is 40.0. The number of hydrogen-bond acceptors (Lipinski definition) is 5. The molecule has 9 atom stereocenters. The summed E-state index contributed by atoms with van der Waals surface area (Å²) >= 11 is 4.53. The first-order chi connectivity index (χ1) is 28.0. The summed E-state index contributed by atoms with van der Waals surface area (Å²) in [6, 6.07) is 8.36. The molecule has 5 aliphatic carbocycles. The lowest BCUT2D eigenvalue weighted by atomic mass is 9.37. The Balaban J connectivity index is 0. The van der Waals surface area contributed by atoms with Gasteiger partial charge in [0.1, 0.15) is 6.29 Å². The fourth-order valence-corrected chi connectivity index (χ4v) is 12.8. The standard InChI is InChI=1S/C39H60N2OS.C3H6.2C2H6.3C2H2.CH4O/c1-6-27(26-43)24-40-22-23-41-39-18-7-8-33(39)30-13-14-35-37(4,32(30)16-21-39)20-17-34-36(2,3)31(15-19-38(34,35)5)29-11-9-28(25-42)10-12-29;1-3-2;6*1-2/h9-12,15,25,27,30,32-35,40-41,43H,6-8,13-14,16-24,26H2,1-5H3;3H,1H2,2H3;2*1-2H3;3*1-2H;2H,1H3/t27?,30-,32?,33+,34?,35?,37-,38-,39-;;;;;;;/m0......./s1. The van der Waals surface area contributed by atoms with Gasteiger partial charge in [0, 0.05) is 31.3 Å². The highest BCUT2D eigenvalue weighted by molar-refractivity contribution is 7.80. The van der Waals surface area contributed by atoms with Crippen LogP contribution in [0.5, 0.6) is 0 Å². The summed E-state index contributed by atoms with van der Waals surface area (Å²) in [5.74, 6) is 5.87. The minimum atomic E-state index is 0.142. The van der Waals surface area contributed by atoms with Gasteiger partial charge in [-0.05, 0) is 140 Å². The molecule has 0 heterocycles. The van der Waals surface area contributed by atoms with Gasteiger partial charge in [0.2, 0.25) is 0 Å². The van der Waals surface area contributed by atoms with Gasteiger partial charge in [-0.2, -0.15) is 12.6 Å². The number of aldehydes is 1. The van der Waals surface area contributed by atoms with Crippen LogP contribution in [0, 0.1) is 90.3 Å². The third kappa shape index (κ3) is 12.9. The van der Waals surface area contributed by atoms with Gasteiger partial charge in [-0.3, -0.25) is 4.79 Å². The van der Waals surface area contributed by atoms with Gasteiger partial charge in [-0.25, -0.2) is 0 Å². The zero-order chi connectivity index (χ0) is 45.2. The number of fused-ring (bicyclic) bond motifs is 7. The number of aliphatic hydroxyl groups excluding tert-OH is 1. The number of hydrogen-bond donors (Lipinski definition) is 4. The van der Waals surface area contributed by atoms with E-state index >= 15 is 0 Å². The maximum Gasteiger partial charge on any atom is 0.150 e. The molecule has 0 amide bonds. The second kappa shape index (κ2) is 29.5. The first kappa shape index (κ1) is 57.4. The van der Waals surface area contributed by atoms with Crippen molar-refractivity contribution in [1.29, 1.82) is 0 Å². The highest BCUT2D eigenvalue weighted by atomic mass is 32.1. The summed E-state index contributed by atoms with van der Waals surface area (Å²) in [5.41, 5.74) is 4.97. The maximum absolute atomic E-state index is 11.3. The van der Waals surface area contributed by atoms with E-state index in [1.807, 2.05) is 46.8 Å². The van der Waals surface area contributed by atoms with Gasteiger partial charge in [0.05, 0.1) is 0 Å². The van der Waals surface area contributed by atoms with Crippen LogP contribution >= 0.6 is 12.6 Å². The van der Waals surface area contributed by atoms with Crippen LogP contribution < -0.4 is 10.6 Å². The number of carbonyl (C=O) groups is 1. The number of aliphatic hydroxyl groups is 1. The molecule has 4 saturated carbocycles. The second-order valence-electron chi connectivity index (χ2n) is 17.0. The molecular formula is C53H88N2O2S. The van der Waals surface area contributed by atoms with Crippen molar-refractivity contribution in [3.8, 4) is 38.5 Å². The molecule has 0 aliphatic heterocycles. The minimum absolute atomic E-state index is 0.142. The van der Waals surface area contributed by atoms with Gasteiger partial charge in [0.15, 0.2) is 0 Å². The van der Waals surface area contributed by atoms with Crippen LogP contribution in [-0.4, -0.2) is 49.4 Å². The molecule has 0 aromatic heterocycles. The predicted molar refractivity (Wildman–Crippen MR) is 261 cm³/mol. The molecular weight excluding hydrogens is 729 g/mol. The Morgan fingerprint density at radius 1 is 0.828 bits per heavy atom. The van der Waals surface area contributed by atoms with Crippen molar-refractivity contribution in [2.75, 3.05) is 32.5 Å². The van der Waals surface area contributed by atoms with E-state index in [0.29, 0.717) is 28.2 Å². The van der Waals surface area contributed by atoms with Gasteiger partial charge in [-0.1, -0.05) is 112 Å². The first-order valence-corrected chi connectivity index (χ1v) is 23.0. The first-order valence-electron chi connectivity index (χ1n) is 22.4. The van der Waals surface area contributed by atoms with Crippen LogP contribution in [0.4, 0.5) is 0 Å². The van der Waals surface area contributed by atoms with Crippen molar-refractivity contribution in [2.24, 2.45) is 51.8 Å². The Morgan fingerprint density at radius 2 is 1.41 bits per heavy atom. The van der Waals surface area contributed by atoms with Crippen molar-refractivity contribution in [2.45, 2.75) is 145 Å². The van der Waals surface area contributed by atoms with E-state index in [9.17, 15) is 4.79 Å². The second-order valence-corrected chi connectivity index (χ2v) is 17.3. The van der Waals surface area contributed by atoms with E-state index < -0.39 is 0 Å². The summed E-state index contributed by atoms with van der Waals surface area (Å²) < 4.78 is 0. The van der Waals surface area contributed by atoms with Crippen LogP contribution in [0.3, 0.4) is 0 Å². The van der Waals surface area contributed by atoms with E-state index in [0.717, 1.165) is 68.0 Å². The molecule has 5 aliphatic rings. The molecule has 0 saturated heterocycles. The van der Waals surface area contributed by atoms with E-state index in [-0.39, 0.29) is 5.41 Å². The van der Waals surface area contributed by atoms with Crippen molar-refractivity contribution in [3.05, 3.63) is 54.1 Å². The number of carbonyl (C=O) groups excluding carboxylic acids is 1. The molecule has 3 N–H and O–H groups in total. The summed E-state index contributed by atoms with van der Waals surface area (Å²) in [7, 11) is 1.00. The predicted octanol–water partition coefficient (Wildman–Crippen LogP) is 12.4. The van der Waals surface area contributed by atoms with Gasteiger partial charge in [-0.15, -0.1) is 45.1 Å². The normalized spacial score (nSPS) is 30.6. The van der Waals surface area contributed by atoms with Crippen molar-refractivity contribution in [1.82, 2.24) is 10.6 Å². The Morgan fingerprint density at radius 3 is 1.95 bits per heavy atom. The Labute approximate surface area is 365 Å². The quantitative estimate of drug-likeness (QED) is 0.0625. The van der Waals surface area contributed by atoms with Crippen LogP contribution in [0.1, 0.15) is 156 Å². The molecule has 5 heteroatoms. The van der Waals surface area contributed by atoms with E-state index in [1.165, 1.54) is 81.8 Å². The number of thiol groups is 1. The lowest BCUT2D eigenvalue weighted by Gasteiger charge is -2.68. The van der Waals surface area contributed by atoms with Crippen molar-refractivity contribution >= 4 is 24.5 Å². The SMILES string of the molecule is C#C.C#C.C#C.C=CC.CC.CC.CCC(CS)CNCCN[C@]12CCC[C@@H]1[C@H]1CCC3[C@@](C)(CCC4C(C)(C)C(c5ccc(C=O)cc5)=CC[C@@]43C)C1CC2.CO. The number of rotatable bonds is 10. The van der Waals surface area contributed by atoms with Crippen molar-refractivity contribution in [3.63, 3.8) is 0 Å². The molecule has 1 aromatic rings. The molecule has 58 heavy (non-hydrogen) atoms. The van der Waals surface area contributed by atoms with Crippen LogP contribution in [-0.2, 0) is 0 Å². The summed E-state index contributed by atoms with van der Waals surface area (Å²) in [5, 5.41) is 14.9. The Bertz CT molecular complexity index is 1340. The Kier molecular flexibility index (Phi) is 29.2. The number of allylic oxidation sites excluding steroid dienone is 3. The van der Waals surface area contributed by atoms with Gasteiger partial charge in [0.25, 0.3) is 0 Å². The molecule has 4 unspecified atom stereocenters. The average Bonchev–Trinajstić information content (AvgIpc) is 3.71. The summed E-state index contributed by atoms with van der Waals surface area (Å²) in [4.78, 5) is 11.3. The topological polar surface area (TPSA) is 61.4 Å². The summed E-state index contributed by atoms with van der Waals surface area (Å²) in [6.45, 7) is 29.3.